The van der Waals surface area contributed by atoms with Gasteiger partial charge in [0.25, 0.3) is 5.91 Å². The number of carbonyl (C=O) groups is 1. The smallest absolute Gasteiger partial charge is 0.263 e. The van der Waals surface area contributed by atoms with Gasteiger partial charge in [0.15, 0.2) is 0 Å². The molecule has 3 N–H and O–H groups in total. The van der Waals surface area contributed by atoms with Crippen LogP contribution in [0.5, 0.6) is 0 Å². The van der Waals surface area contributed by atoms with Crippen LogP contribution in [-0.4, -0.2) is 47.2 Å². The van der Waals surface area contributed by atoms with Gasteiger partial charge in [0.05, 0.1) is 11.3 Å². The fourth-order valence-electron chi connectivity index (χ4n) is 5.77. The van der Waals surface area contributed by atoms with E-state index in [0.29, 0.717) is 16.5 Å². The molecule has 1 amide bonds. The lowest BCUT2D eigenvalue weighted by Gasteiger charge is -2.29. The van der Waals surface area contributed by atoms with E-state index in [2.05, 4.69) is 34.3 Å². The largest absolute Gasteiger partial charge is 0.397 e. The van der Waals surface area contributed by atoms with Crippen molar-refractivity contribution in [1.82, 2.24) is 15.3 Å². The number of thiophene rings is 1. The van der Waals surface area contributed by atoms with Gasteiger partial charge in [-0.3, -0.25) is 4.79 Å². The van der Waals surface area contributed by atoms with Gasteiger partial charge in [0.2, 0.25) is 0 Å². The molecular formula is C26H31N5O2S. The minimum absolute atomic E-state index is 0.00954. The lowest BCUT2D eigenvalue weighted by molar-refractivity contribution is 0.00147. The van der Waals surface area contributed by atoms with Gasteiger partial charge >= 0.3 is 0 Å². The van der Waals surface area contributed by atoms with Crippen LogP contribution >= 0.6 is 11.3 Å². The molecule has 0 unspecified atom stereocenters. The van der Waals surface area contributed by atoms with E-state index in [0.717, 1.165) is 79.2 Å². The van der Waals surface area contributed by atoms with Crippen molar-refractivity contribution >= 4 is 39.0 Å². The molecule has 5 heterocycles. The highest BCUT2D eigenvalue weighted by molar-refractivity contribution is 7.21. The minimum Gasteiger partial charge on any atom is -0.397 e. The van der Waals surface area contributed by atoms with E-state index in [1.807, 2.05) is 19.1 Å². The van der Waals surface area contributed by atoms with Crippen molar-refractivity contribution in [2.75, 3.05) is 30.3 Å². The molecule has 3 aromatic heterocycles. The Kier molecular flexibility index (Phi) is 5.26. The number of amides is 1. The number of nitrogens with two attached hydrogens (primary N) is 1. The lowest BCUT2D eigenvalue weighted by Crippen LogP contribution is -2.39. The van der Waals surface area contributed by atoms with E-state index in [4.69, 9.17) is 15.5 Å². The zero-order valence-electron chi connectivity index (χ0n) is 19.8. The molecule has 0 radical (unpaired) electrons. The van der Waals surface area contributed by atoms with Gasteiger partial charge in [-0.15, -0.1) is 11.3 Å². The highest BCUT2D eigenvalue weighted by atomic mass is 32.1. The van der Waals surface area contributed by atoms with Crippen LogP contribution in [0.25, 0.3) is 10.2 Å². The molecule has 178 valence electrons. The van der Waals surface area contributed by atoms with Crippen molar-refractivity contribution in [2.45, 2.75) is 57.6 Å². The number of fused-ring (bicyclic) bond motifs is 2. The maximum Gasteiger partial charge on any atom is 0.263 e. The molecule has 7 nitrogen and oxygen atoms in total. The first-order valence-corrected chi connectivity index (χ1v) is 13.1. The van der Waals surface area contributed by atoms with Crippen LogP contribution in [0.2, 0.25) is 0 Å². The first-order chi connectivity index (χ1) is 16.4. The molecule has 6 rings (SSSR count). The topological polar surface area (TPSA) is 93.4 Å². The van der Waals surface area contributed by atoms with E-state index in [1.165, 1.54) is 16.9 Å². The van der Waals surface area contributed by atoms with Crippen LogP contribution in [0.1, 0.15) is 52.8 Å². The number of nitrogens with zero attached hydrogens (tertiary/aromatic N) is 3. The average molecular weight is 478 g/mol. The maximum absolute atomic E-state index is 13.0. The van der Waals surface area contributed by atoms with Crippen LogP contribution < -0.4 is 16.0 Å². The number of pyridine rings is 2. The number of hydrogen-bond donors (Lipinski definition) is 2. The molecule has 2 saturated heterocycles. The molecule has 8 heteroatoms. The van der Waals surface area contributed by atoms with Crippen molar-refractivity contribution in [2.24, 2.45) is 5.92 Å². The summed E-state index contributed by atoms with van der Waals surface area (Å²) in [5.74, 6) is 1.56. The van der Waals surface area contributed by atoms with Crippen LogP contribution in [-0.2, 0) is 17.6 Å². The lowest BCUT2D eigenvalue weighted by atomic mass is 9.88. The fraction of sp³-hybridized carbons (Fsp3) is 0.500. The fourth-order valence-corrected chi connectivity index (χ4v) is 6.82. The molecule has 2 fully saturated rings. The van der Waals surface area contributed by atoms with Crippen molar-refractivity contribution in [3.63, 3.8) is 0 Å². The van der Waals surface area contributed by atoms with Crippen molar-refractivity contribution < 1.29 is 9.53 Å². The number of carbonyl (C=O) groups excluding carboxylic acids is 1. The Labute approximate surface area is 203 Å². The predicted octanol–water partition coefficient (Wildman–Crippen LogP) is 3.87. The van der Waals surface area contributed by atoms with Gasteiger partial charge in [0, 0.05) is 42.5 Å². The summed E-state index contributed by atoms with van der Waals surface area (Å²) in [5.41, 5.74) is 10.1. The van der Waals surface area contributed by atoms with E-state index in [9.17, 15) is 4.79 Å². The third-order valence-corrected chi connectivity index (χ3v) is 9.06. The highest BCUT2D eigenvalue weighted by Gasteiger charge is 2.47. The quantitative estimate of drug-likeness (QED) is 0.595. The molecule has 0 saturated carbocycles. The minimum atomic E-state index is -0.107. The van der Waals surface area contributed by atoms with Gasteiger partial charge in [-0.1, -0.05) is 13.0 Å². The van der Waals surface area contributed by atoms with Crippen molar-refractivity contribution in [3.8, 4) is 0 Å². The molecule has 2 aliphatic heterocycles. The van der Waals surface area contributed by atoms with E-state index in [1.54, 1.807) is 0 Å². The van der Waals surface area contributed by atoms with Gasteiger partial charge in [-0.25, -0.2) is 9.97 Å². The molecule has 0 bridgehead atoms. The van der Waals surface area contributed by atoms with Gasteiger partial charge in [-0.05, 0) is 68.7 Å². The van der Waals surface area contributed by atoms with Crippen LogP contribution in [0, 0.1) is 12.8 Å². The number of nitrogen functional groups attached to an aromatic ring is 1. The zero-order chi connectivity index (χ0) is 23.4. The average Bonchev–Trinajstić information content (AvgIpc) is 3.51. The SMILES string of the molecule is Cc1ccc2c(N)c(C(=O)N[C@H]3CCc4nc(N5CC[C@]6(C5)OCC[C@H]6C)ccc4C3)sc2n1. The second-order valence-corrected chi connectivity index (χ2v) is 11.1. The predicted molar refractivity (Wildman–Crippen MR) is 136 cm³/mol. The summed E-state index contributed by atoms with van der Waals surface area (Å²) in [5, 5.41) is 4.06. The molecule has 1 aliphatic carbocycles. The monoisotopic (exact) mass is 477 g/mol. The summed E-state index contributed by atoms with van der Waals surface area (Å²) >= 11 is 1.37. The Morgan fingerprint density at radius 3 is 2.97 bits per heavy atom. The third kappa shape index (κ3) is 3.64. The Hall–Kier alpha value is -2.71. The number of hydrogen-bond acceptors (Lipinski definition) is 7. The Balaban J connectivity index is 1.14. The van der Waals surface area contributed by atoms with E-state index < -0.39 is 0 Å². The maximum atomic E-state index is 13.0. The van der Waals surface area contributed by atoms with Crippen LogP contribution in [0.3, 0.4) is 0 Å². The van der Waals surface area contributed by atoms with Gasteiger partial charge < -0.3 is 20.7 Å². The van der Waals surface area contributed by atoms with E-state index in [-0.39, 0.29) is 17.6 Å². The summed E-state index contributed by atoms with van der Waals surface area (Å²) < 4.78 is 6.18. The summed E-state index contributed by atoms with van der Waals surface area (Å²) in [4.78, 5) is 26.3. The molecule has 3 aromatic rings. The molecule has 3 aliphatic rings. The second-order valence-electron chi connectivity index (χ2n) is 10.1. The van der Waals surface area contributed by atoms with Crippen molar-refractivity contribution in [1.29, 1.82) is 0 Å². The molecule has 3 atom stereocenters. The van der Waals surface area contributed by atoms with Crippen molar-refractivity contribution in [3.05, 3.63) is 46.1 Å². The number of anilines is 2. The number of nitrogens with one attached hydrogen (secondary N) is 1. The second kappa shape index (κ2) is 8.20. The molecule has 0 aromatic carbocycles. The first-order valence-electron chi connectivity index (χ1n) is 12.3. The molecule has 1 spiro atoms. The van der Waals surface area contributed by atoms with Crippen LogP contribution in [0.4, 0.5) is 11.5 Å². The normalized spacial score (nSPS) is 26.4. The highest BCUT2D eigenvalue weighted by Crippen LogP contribution is 2.41. The van der Waals surface area contributed by atoms with Gasteiger partial charge in [0.1, 0.15) is 15.5 Å². The Morgan fingerprint density at radius 2 is 2.15 bits per heavy atom. The van der Waals surface area contributed by atoms with Crippen LogP contribution in [0.15, 0.2) is 24.3 Å². The third-order valence-electron chi connectivity index (χ3n) is 7.95. The summed E-state index contributed by atoms with van der Waals surface area (Å²) in [6, 6.07) is 8.28. The van der Waals surface area contributed by atoms with E-state index >= 15 is 0 Å². The van der Waals surface area contributed by atoms with Gasteiger partial charge in [-0.2, -0.15) is 0 Å². The first kappa shape index (κ1) is 21.8. The summed E-state index contributed by atoms with van der Waals surface area (Å²) in [6.45, 7) is 7.07. The molecular weight excluding hydrogens is 446 g/mol. The number of ether oxygens (including phenoxy) is 1. The number of rotatable bonds is 3. The zero-order valence-corrected chi connectivity index (χ0v) is 20.6. The summed E-state index contributed by atoms with van der Waals surface area (Å²) in [6.07, 6.45) is 4.77. The number of aryl methyl sites for hydroxylation is 2. The Bertz CT molecular complexity index is 1270. The standard InChI is InChI=1S/C26H31N5O2S/c1-15-9-12-33-26(15)10-11-31(14-26)21-8-4-17-13-18(5-7-20(17)30-21)29-24(32)23-22(27)19-6-3-16(2)28-25(19)34-23/h3-4,6,8,15,18H,5,7,9-14,27H2,1-2H3,(H,29,32)/t15-,18+,26-/m1/s1. The summed E-state index contributed by atoms with van der Waals surface area (Å²) in [7, 11) is 0. The number of aromatic nitrogens is 2. The molecule has 34 heavy (non-hydrogen) atoms. The Morgan fingerprint density at radius 1 is 1.26 bits per heavy atom.